The third kappa shape index (κ3) is 5.89. The van der Waals surface area contributed by atoms with Gasteiger partial charge in [0, 0.05) is 46.7 Å². The Kier molecular flexibility index (Phi) is 7.84. The van der Waals surface area contributed by atoms with Crippen LogP contribution in [0.2, 0.25) is 0 Å². The maximum Gasteiger partial charge on any atom is 0.416 e. The zero-order chi connectivity index (χ0) is 27.8. The molecule has 0 spiro atoms. The molecule has 0 saturated carbocycles. The predicted octanol–water partition coefficient (Wildman–Crippen LogP) is 6.90. The van der Waals surface area contributed by atoms with Gasteiger partial charge in [0.15, 0.2) is 5.01 Å². The summed E-state index contributed by atoms with van der Waals surface area (Å²) in [5.74, 6) is -0.119. The van der Waals surface area contributed by atoms with Gasteiger partial charge in [0.05, 0.1) is 11.0 Å². The minimum Gasteiger partial charge on any atom is -0.355 e. The molecule has 1 aromatic heterocycles. The number of carbonyl (C=O) groups excluding carboxylic acids is 1. The van der Waals surface area contributed by atoms with Crippen LogP contribution in [0.15, 0.2) is 82.5 Å². The number of nitrogens with one attached hydrogen (secondary N) is 2. The number of benzene rings is 2. The molecule has 11 heteroatoms. The van der Waals surface area contributed by atoms with E-state index in [0.717, 1.165) is 39.3 Å². The number of carbonyl (C=O) groups is 1. The number of aryl methyl sites for hydroxylation is 1. The minimum absolute atomic E-state index is 0.119. The Bertz CT molecular complexity index is 1480. The topological polar surface area (TPSA) is 69.1 Å². The number of fused-ring (bicyclic) bond motifs is 1. The molecule has 1 saturated heterocycles. The lowest BCUT2D eigenvalue weighted by atomic mass is 9.66. The van der Waals surface area contributed by atoms with Crippen LogP contribution < -0.4 is 10.6 Å². The number of ketones is 1. The number of Topliss-reactive ketones (excluding diaryl/α,β-unsaturated/α-hetero) is 1. The molecule has 202 valence electrons. The van der Waals surface area contributed by atoms with Crippen LogP contribution in [0.5, 0.6) is 0 Å². The van der Waals surface area contributed by atoms with E-state index in [1.807, 2.05) is 41.6 Å². The van der Waals surface area contributed by atoms with Gasteiger partial charge in [0.25, 0.3) is 0 Å². The number of halogens is 3. The third-order valence-electron chi connectivity index (χ3n) is 6.86. The molecule has 2 aliphatic rings. The summed E-state index contributed by atoms with van der Waals surface area (Å²) < 4.78 is 41.9. The molecule has 0 bridgehead atoms. The summed E-state index contributed by atoms with van der Waals surface area (Å²) >= 11 is 2.56. The standard InChI is InChI=1S/C28H26F3N4OPS2/c1-17-15-33-26(38-17)25(36)27-13-18(14-32)24(34-21-5-7-22(37)8-6-21)12-19(27)9-10-35(16-27)39-23-4-2-3-20(11-23)28(29,30)31/h2-8,11-12,14-15,32,34H,9-10,13,16,37H2,1H3. The van der Waals surface area contributed by atoms with Crippen molar-refractivity contribution in [1.29, 1.82) is 5.41 Å². The monoisotopic (exact) mass is 586 g/mol. The number of hydrogen-bond acceptors (Lipinski definition) is 7. The average molecular weight is 587 g/mol. The van der Waals surface area contributed by atoms with E-state index in [1.165, 1.54) is 35.6 Å². The van der Waals surface area contributed by atoms with E-state index in [2.05, 4.69) is 19.5 Å². The second kappa shape index (κ2) is 11.0. The van der Waals surface area contributed by atoms with Gasteiger partial charge in [-0.1, -0.05) is 23.8 Å². The molecule has 0 radical (unpaired) electrons. The third-order valence-corrected chi connectivity index (χ3v) is 9.19. The van der Waals surface area contributed by atoms with E-state index in [1.54, 1.807) is 12.3 Å². The summed E-state index contributed by atoms with van der Waals surface area (Å²) in [6, 6.07) is 13.1. The van der Waals surface area contributed by atoms with Crippen molar-refractivity contribution in [3.8, 4) is 0 Å². The Hall–Kier alpha value is -2.78. The smallest absolute Gasteiger partial charge is 0.355 e. The summed E-state index contributed by atoms with van der Waals surface area (Å²) in [5, 5.41) is 13.0. The first-order chi connectivity index (χ1) is 18.6. The number of thiazole rings is 1. The Morgan fingerprint density at radius 2 is 2.03 bits per heavy atom. The molecule has 5 nitrogen and oxygen atoms in total. The van der Waals surface area contributed by atoms with Gasteiger partial charge in [-0.3, -0.25) is 4.79 Å². The second-order valence-corrected chi connectivity index (χ2v) is 12.7. The fourth-order valence-electron chi connectivity index (χ4n) is 4.92. The largest absolute Gasteiger partial charge is 0.416 e. The van der Waals surface area contributed by atoms with Gasteiger partial charge in [-0.05, 0) is 79.0 Å². The van der Waals surface area contributed by atoms with Gasteiger partial charge < -0.3 is 10.7 Å². The van der Waals surface area contributed by atoms with Crippen LogP contribution in [0.4, 0.5) is 18.9 Å². The molecular weight excluding hydrogens is 560 g/mol. The van der Waals surface area contributed by atoms with Crippen LogP contribution in [0, 0.1) is 17.7 Å². The summed E-state index contributed by atoms with van der Waals surface area (Å²) in [6.07, 6.45) is 1.35. The Morgan fingerprint density at radius 3 is 2.69 bits per heavy atom. The van der Waals surface area contributed by atoms with Crippen molar-refractivity contribution in [1.82, 2.24) is 9.29 Å². The number of aromatic nitrogens is 1. The van der Waals surface area contributed by atoms with Gasteiger partial charge in [-0.25, -0.2) is 9.29 Å². The molecular formula is C28H26F3N4OPS2. The molecule has 2 N–H and O–H groups in total. The molecule has 3 aromatic rings. The first-order valence-corrected chi connectivity index (χ1v) is 14.4. The SMILES string of the molecule is Cc1cnc(C(=O)C23CC(C=N)=C(Nc4ccc(P)cc4)C=C2CCN(Sc2cccc(C(F)(F)F)c2)C3)s1. The lowest BCUT2D eigenvalue weighted by Gasteiger charge is -2.45. The van der Waals surface area contributed by atoms with E-state index in [9.17, 15) is 18.0 Å². The van der Waals surface area contributed by atoms with E-state index in [-0.39, 0.29) is 5.78 Å². The molecule has 2 atom stereocenters. The van der Waals surface area contributed by atoms with Crippen molar-refractivity contribution in [3.05, 3.63) is 93.1 Å². The van der Waals surface area contributed by atoms with E-state index >= 15 is 0 Å². The van der Waals surface area contributed by atoms with Gasteiger partial charge >= 0.3 is 6.18 Å². The average Bonchev–Trinajstić information content (AvgIpc) is 3.35. The molecule has 39 heavy (non-hydrogen) atoms. The maximum absolute atomic E-state index is 14.1. The zero-order valence-corrected chi connectivity index (χ0v) is 23.8. The highest BCUT2D eigenvalue weighted by Crippen LogP contribution is 2.49. The van der Waals surface area contributed by atoms with Crippen LogP contribution in [-0.2, 0) is 6.18 Å². The van der Waals surface area contributed by atoms with E-state index < -0.39 is 17.2 Å². The number of nitrogens with zero attached hydrogens (tertiary/aromatic N) is 2. The number of allylic oxidation sites excluding steroid dienone is 2. The number of alkyl halides is 3. The van der Waals surface area contributed by atoms with Crippen molar-refractivity contribution >= 4 is 55.5 Å². The number of piperidine rings is 1. The highest BCUT2D eigenvalue weighted by atomic mass is 32.2. The van der Waals surface area contributed by atoms with Crippen LogP contribution in [-0.4, -0.2) is 34.4 Å². The van der Waals surface area contributed by atoms with Crippen molar-refractivity contribution < 1.29 is 18.0 Å². The summed E-state index contributed by atoms with van der Waals surface area (Å²) in [6.45, 7) is 2.75. The van der Waals surface area contributed by atoms with Gasteiger partial charge in [0.2, 0.25) is 5.78 Å². The van der Waals surface area contributed by atoms with Crippen molar-refractivity contribution in [2.45, 2.75) is 30.8 Å². The maximum atomic E-state index is 14.1. The van der Waals surface area contributed by atoms with Gasteiger partial charge in [0.1, 0.15) is 0 Å². The lowest BCUT2D eigenvalue weighted by molar-refractivity contribution is -0.137. The van der Waals surface area contributed by atoms with Crippen LogP contribution in [0.1, 0.15) is 33.1 Å². The highest BCUT2D eigenvalue weighted by molar-refractivity contribution is 7.97. The molecule has 1 fully saturated rings. The fraction of sp³-hybridized carbons (Fsp3) is 0.250. The van der Waals surface area contributed by atoms with Gasteiger partial charge in [-0.2, -0.15) is 13.2 Å². The summed E-state index contributed by atoms with van der Waals surface area (Å²) in [5.41, 5.74) is 1.59. The first-order valence-electron chi connectivity index (χ1n) is 12.2. The zero-order valence-electron chi connectivity index (χ0n) is 21.0. The van der Waals surface area contributed by atoms with Crippen LogP contribution in [0.3, 0.4) is 0 Å². The lowest BCUT2D eigenvalue weighted by Crippen LogP contribution is -2.48. The van der Waals surface area contributed by atoms with Crippen molar-refractivity contribution in [3.63, 3.8) is 0 Å². The normalized spacial score (nSPS) is 19.9. The number of anilines is 1. The van der Waals surface area contributed by atoms with E-state index in [0.29, 0.717) is 41.4 Å². The minimum atomic E-state index is -4.43. The van der Waals surface area contributed by atoms with Crippen LogP contribution >= 0.6 is 32.5 Å². The molecule has 0 amide bonds. The van der Waals surface area contributed by atoms with Gasteiger partial charge in [-0.15, -0.1) is 20.6 Å². The molecule has 5 rings (SSSR count). The van der Waals surface area contributed by atoms with Crippen LogP contribution in [0.25, 0.3) is 0 Å². The summed E-state index contributed by atoms with van der Waals surface area (Å²) in [7, 11) is 2.65. The molecule has 1 aliphatic heterocycles. The number of rotatable bonds is 7. The summed E-state index contributed by atoms with van der Waals surface area (Å²) in [4.78, 5) is 19.9. The second-order valence-electron chi connectivity index (χ2n) is 9.59. The van der Waals surface area contributed by atoms with Crippen molar-refractivity contribution in [2.24, 2.45) is 5.41 Å². The molecule has 2 aromatic carbocycles. The first kappa shape index (κ1) is 27.8. The Labute approximate surface area is 235 Å². The quantitative estimate of drug-likeness (QED) is 0.137. The fourth-order valence-corrected chi connectivity index (χ4v) is 7.00. The van der Waals surface area contributed by atoms with Crippen molar-refractivity contribution in [2.75, 3.05) is 18.4 Å². The molecule has 2 heterocycles. The molecule has 2 unspecified atom stereocenters. The Morgan fingerprint density at radius 1 is 1.26 bits per heavy atom. The molecule has 1 aliphatic carbocycles. The number of hydrogen-bond donors (Lipinski definition) is 2. The highest BCUT2D eigenvalue weighted by Gasteiger charge is 2.49. The Balaban J connectivity index is 1.49. The predicted molar refractivity (Wildman–Crippen MR) is 155 cm³/mol. The van der Waals surface area contributed by atoms with E-state index in [4.69, 9.17) is 5.41 Å².